The summed E-state index contributed by atoms with van der Waals surface area (Å²) in [6, 6.07) is 3.69. The molecule has 8 nitrogen and oxygen atoms in total. The van der Waals surface area contributed by atoms with Gasteiger partial charge >= 0.3 is 0 Å². The smallest absolute Gasteiger partial charge is 0.237 e. The number of hydrogen-bond donors (Lipinski definition) is 2. The third-order valence-corrected chi connectivity index (χ3v) is 5.53. The molecule has 2 atom stereocenters. The van der Waals surface area contributed by atoms with Gasteiger partial charge in [-0.05, 0) is 30.9 Å². The first kappa shape index (κ1) is 18.5. The number of furan rings is 1. The molecule has 0 radical (unpaired) electrons. The van der Waals surface area contributed by atoms with Crippen molar-refractivity contribution in [3.8, 4) is 11.6 Å². The molecule has 140 valence electrons. The second-order valence-corrected chi connectivity index (χ2v) is 7.50. The summed E-state index contributed by atoms with van der Waals surface area (Å²) < 4.78 is 6.90. The molecular weight excluding hydrogens is 354 g/mol. The first-order chi connectivity index (χ1) is 12.5. The van der Waals surface area contributed by atoms with Crippen molar-refractivity contribution in [1.82, 2.24) is 20.1 Å². The number of carbonyl (C=O) groups is 2. The second kappa shape index (κ2) is 8.39. The van der Waals surface area contributed by atoms with Crippen molar-refractivity contribution >= 4 is 23.6 Å². The Kier molecular flexibility index (Phi) is 5.97. The van der Waals surface area contributed by atoms with Crippen LogP contribution in [0.15, 0.2) is 28.0 Å². The Bertz CT molecular complexity index is 759. The number of rotatable bonds is 7. The van der Waals surface area contributed by atoms with Crippen LogP contribution < -0.4 is 11.1 Å². The molecule has 3 rings (SSSR count). The summed E-state index contributed by atoms with van der Waals surface area (Å²) in [7, 11) is 0. The normalized spacial score (nSPS) is 20.0. The zero-order chi connectivity index (χ0) is 18.5. The average Bonchev–Trinajstić information content (AvgIpc) is 3.24. The highest BCUT2D eigenvalue weighted by molar-refractivity contribution is 7.99. The maximum Gasteiger partial charge on any atom is 0.237 e. The van der Waals surface area contributed by atoms with Crippen LogP contribution in [0.2, 0.25) is 0 Å². The summed E-state index contributed by atoms with van der Waals surface area (Å²) in [5.41, 5.74) is 5.34. The maximum absolute atomic E-state index is 12.3. The Labute approximate surface area is 155 Å². The van der Waals surface area contributed by atoms with Gasteiger partial charge in [-0.3, -0.25) is 14.2 Å². The molecule has 1 fully saturated rings. The molecule has 2 heterocycles. The lowest BCUT2D eigenvalue weighted by molar-refractivity contribution is -0.120. The minimum Gasteiger partial charge on any atom is -0.461 e. The molecule has 1 aliphatic rings. The highest BCUT2D eigenvalue weighted by Crippen LogP contribution is 2.26. The highest BCUT2D eigenvalue weighted by Gasteiger charge is 2.23. The number of thioether (sulfide) groups is 1. The van der Waals surface area contributed by atoms with E-state index >= 15 is 0 Å². The minimum absolute atomic E-state index is 0.0399. The SMILES string of the molecule is C[C@@H]1CCCC[C@@H]1NC(=O)CSc1nnc(-c2ccco2)n1CC(N)=O. The summed E-state index contributed by atoms with van der Waals surface area (Å²) in [5, 5.41) is 11.7. The fourth-order valence-corrected chi connectivity index (χ4v) is 3.94. The molecule has 0 aliphatic heterocycles. The standard InChI is InChI=1S/C17H23N5O3S/c1-11-5-2-3-6-12(11)19-15(24)10-26-17-21-20-16(13-7-4-8-25-13)22(17)9-14(18)23/h4,7-8,11-12H,2-3,5-6,9-10H2,1H3,(H2,18,23)(H,19,24)/t11-,12+/m1/s1. The summed E-state index contributed by atoms with van der Waals surface area (Å²) in [6.45, 7) is 2.10. The van der Waals surface area contributed by atoms with Crippen LogP contribution in [0.3, 0.4) is 0 Å². The number of amides is 2. The molecule has 1 saturated carbocycles. The van der Waals surface area contributed by atoms with E-state index in [0.29, 0.717) is 22.7 Å². The van der Waals surface area contributed by atoms with E-state index in [1.165, 1.54) is 24.4 Å². The van der Waals surface area contributed by atoms with Crippen LogP contribution in [-0.2, 0) is 16.1 Å². The van der Waals surface area contributed by atoms with E-state index in [4.69, 9.17) is 10.2 Å². The average molecular weight is 377 g/mol. The zero-order valence-electron chi connectivity index (χ0n) is 14.7. The van der Waals surface area contributed by atoms with Gasteiger partial charge in [0.05, 0.1) is 12.0 Å². The molecule has 2 amide bonds. The number of nitrogens with two attached hydrogens (primary N) is 1. The summed E-state index contributed by atoms with van der Waals surface area (Å²) >= 11 is 1.23. The van der Waals surface area contributed by atoms with E-state index in [0.717, 1.165) is 19.3 Å². The van der Waals surface area contributed by atoms with Gasteiger partial charge in [-0.15, -0.1) is 10.2 Å². The van der Waals surface area contributed by atoms with Crippen LogP contribution in [0.1, 0.15) is 32.6 Å². The zero-order valence-corrected chi connectivity index (χ0v) is 15.5. The first-order valence-corrected chi connectivity index (χ1v) is 9.70. The van der Waals surface area contributed by atoms with Crippen LogP contribution in [0.4, 0.5) is 0 Å². The predicted octanol–water partition coefficient (Wildman–Crippen LogP) is 1.81. The van der Waals surface area contributed by atoms with Gasteiger partial charge in [0.2, 0.25) is 17.6 Å². The molecule has 0 saturated heterocycles. The van der Waals surface area contributed by atoms with Crippen LogP contribution in [-0.4, -0.2) is 38.4 Å². The van der Waals surface area contributed by atoms with Gasteiger partial charge in [0, 0.05) is 6.04 Å². The Morgan fingerprint density at radius 2 is 2.19 bits per heavy atom. The molecule has 2 aromatic rings. The molecule has 1 aliphatic carbocycles. The van der Waals surface area contributed by atoms with Gasteiger partial charge in [-0.1, -0.05) is 31.5 Å². The van der Waals surface area contributed by atoms with E-state index in [1.807, 2.05) is 0 Å². The molecule has 2 aromatic heterocycles. The van der Waals surface area contributed by atoms with Gasteiger partial charge in [0.25, 0.3) is 0 Å². The van der Waals surface area contributed by atoms with Crippen molar-refractivity contribution in [2.75, 3.05) is 5.75 Å². The predicted molar refractivity (Wildman–Crippen MR) is 97.2 cm³/mol. The van der Waals surface area contributed by atoms with Crippen molar-refractivity contribution in [2.24, 2.45) is 11.7 Å². The number of aromatic nitrogens is 3. The molecule has 0 spiro atoms. The van der Waals surface area contributed by atoms with E-state index in [1.54, 1.807) is 16.7 Å². The fourth-order valence-electron chi connectivity index (χ4n) is 3.19. The molecule has 3 N–H and O–H groups in total. The topological polar surface area (TPSA) is 116 Å². The van der Waals surface area contributed by atoms with Gasteiger partial charge in [0.15, 0.2) is 10.9 Å². The molecule has 0 bridgehead atoms. The lowest BCUT2D eigenvalue weighted by atomic mass is 9.86. The van der Waals surface area contributed by atoms with Crippen LogP contribution in [0.25, 0.3) is 11.6 Å². The molecule has 0 unspecified atom stereocenters. The van der Waals surface area contributed by atoms with Gasteiger partial charge < -0.3 is 15.5 Å². The number of carbonyl (C=O) groups excluding carboxylic acids is 2. The lowest BCUT2D eigenvalue weighted by Gasteiger charge is -2.29. The summed E-state index contributed by atoms with van der Waals surface area (Å²) in [5.74, 6) is 1.06. The van der Waals surface area contributed by atoms with Crippen molar-refractivity contribution in [2.45, 2.75) is 50.4 Å². The number of hydrogen-bond acceptors (Lipinski definition) is 6. The van der Waals surface area contributed by atoms with E-state index < -0.39 is 5.91 Å². The summed E-state index contributed by atoms with van der Waals surface area (Å²) in [4.78, 5) is 23.7. The molecule has 9 heteroatoms. The Balaban J connectivity index is 1.65. The lowest BCUT2D eigenvalue weighted by Crippen LogP contribution is -2.41. The van der Waals surface area contributed by atoms with E-state index in [-0.39, 0.29) is 24.2 Å². The first-order valence-electron chi connectivity index (χ1n) is 8.72. The molecule has 0 aromatic carbocycles. The minimum atomic E-state index is -0.514. The van der Waals surface area contributed by atoms with E-state index in [9.17, 15) is 9.59 Å². The number of nitrogens with one attached hydrogen (secondary N) is 1. The van der Waals surface area contributed by atoms with Crippen molar-refractivity contribution in [3.63, 3.8) is 0 Å². The quantitative estimate of drug-likeness (QED) is 0.711. The molecular formula is C17H23N5O3S. The highest BCUT2D eigenvalue weighted by atomic mass is 32.2. The largest absolute Gasteiger partial charge is 0.461 e. The maximum atomic E-state index is 12.3. The molecule has 26 heavy (non-hydrogen) atoms. The number of primary amides is 1. The third kappa shape index (κ3) is 4.46. The second-order valence-electron chi connectivity index (χ2n) is 6.56. The number of nitrogens with zero attached hydrogens (tertiary/aromatic N) is 3. The Hall–Kier alpha value is -2.29. The Morgan fingerprint density at radius 3 is 2.88 bits per heavy atom. The summed E-state index contributed by atoms with van der Waals surface area (Å²) in [6.07, 6.45) is 6.08. The van der Waals surface area contributed by atoms with Crippen LogP contribution >= 0.6 is 11.8 Å². The van der Waals surface area contributed by atoms with E-state index in [2.05, 4.69) is 22.4 Å². The van der Waals surface area contributed by atoms with Crippen LogP contribution in [0.5, 0.6) is 0 Å². The van der Waals surface area contributed by atoms with Crippen molar-refractivity contribution < 1.29 is 14.0 Å². The van der Waals surface area contributed by atoms with Crippen LogP contribution in [0, 0.1) is 5.92 Å². The fraction of sp³-hybridized carbons (Fsp3) is 0.529. The van der Waals surface area contributed by atoms with Crippen molar-refractivity contribution in [1.29, 1.82) is 0 Å². The van der Waals surface area contributed by atoms with Gasteiger partial charge in [0.1, 0.15) is 6.54 Å². The van der Waals surface area contributed by atoms with Crippen molar-refractivity contribution in [3.05, 3.63) is 18.4 Å². The Morgan fingerprint density at radius 1 is 1.38 bits per heavy atom. The van der Waals surface area contributed by atoms with Gasteiger partial charge in [-0.2, -0.15) is 0 Å². The van der Waals surface area contributed by atoms with Gasteiger partial charge in [-0.25, -0.2) is 0 Å². The monoisotopic (exact) mass is 377 g/mol. The third-order valence-electron chi connectivity index (χ3n) is 4.56.